The maximum absolute atomic E-state index is 9.35. The van der Waals surface area contributed by atoms with Crippen LogP contribution in [0.25, 0.3) is 0 Å². The van der Waals surface area contributed by atoms with Crippen LogP contribution in [0.15, 0.2) is 0 Å². The van der Waals surface area contributed by atoms with E-state index in [1.807, 2.05) is 0 Å². The van der Waals surface area contributed by atoms with Crippen LogP contribution >= 0.6 is 0 Å². The first-order valence-electron chi connectivity index (χ1n) is 6.07. The predicted molar refractivity (Wildman–Crippen MR) is 61.9 cm³/mol. The smallest absolute Gasteiger partial charge is 0.0610 e. The quantitative estimate of drug-likeness (QED) is 0.731. The molecule has 0 bridgehead atoms. The van der Waals surface area contributed by atoms with Crippen molar-refractivity contribution in [2.45, 2.75) is 51.6 Å². The second-order valence-corrected chi connectivity index (χ2v) is 4.96. The van der Waals surface area contributed by atoms with E-state index >= 15 is 0 Å². The highest BCUT2D eigenvalue weighted by molar-refractivity contribution is 4.86. The Kier molecular flexibility index (Phi) is 5.03. The number of aliphatic hydroxyl groups excluding tert-OH is 1. The van der Waals surface area contributed by atoms with Gasteiger partial charge in [0.15, 0.2) is 0 Å². The molecule has 90 valence electrons. The van der Waals surface area contributed by atoms with Crippen molar-refractivity contribution in [3.8, 4) is 0 Å². The monoisotopic (exact) mass is 215 g/mol. The van der Waals surface area contributed by atoms with Gasteiger partial charge in [-0.05, 0) is 39.0 Å². The molecular formula is C12H25NO2. The lowest BCUT2D eigenvalue weighted by atomic mass is 9.89. The lowest BCUT2D eigenvalue weighted by Crippen LogP contribution is -2.52. The van der Waals surface area contributed by atoms with Crippen LogP contribution < -0.4 is 5.32 Å². The molecule has 1 rings (SSSR count). The van der Waals surface area contributed by atoms with E-state index in [1.54, 1.807) is 0 Å². The molecule has 3 heteroatoms. The van der Waals surface area contributed by atoms with Gasteiger partial charge in [0.2, 0.25) is 0 Å². The van der Waals surface area contributed by atoms with E-state index in [1.165, 1.54) is 0 Å². The molecule has 0 amide bonds. The van der Waals surface area contributed by atoms with Gasteiger partial charge in [-0.15, -0.1) is 0 Å². The molecule has 2 N–H and O–H groups in total. The molecule has 0 aromatic rings. The third-order valence-electron chi connectivity index (χ3n) is 3.68. The molecular weight excluding hydrogens is 190 g/mol. The first kappa shape index (κ1) is 12.9. The second kappa shape index (κ2) is 5.83. The number of hydrogen-bond acceptors (Lipinski definition) is 3. The van der Waals surface area contributed by atoms with Gasteiger partial charge < -0.3 is 15.2 Å². The molecule has 1 saturated heterocycles. The van der Waals surface area contributed by atoms with Crippen LogP contribution in [0.5, 0.6) is 0 Å². The molecule has 15 heavy (non-hydrogen) atoms. The number of rotatable bonds is 5. The SMILES string of the molecule is CCC(C)(CO)NC(C)C1CCOCC1. The molecule has 0 radical (unpaired) electrons. The second-order valence-electron chi connectivity index (χ2n) is 4.96. The zero-order valence-electron chi connectivity index (χ0n) is 10.3. The Morgan fingerprint density at radius 2 is 2.07 bits per heavy atom. The van der Waals surface area contributed by atoms with Crippen molar-refractivity contribution in [2.24, 2.45) is 5.92 Å². The third kappa shape index (κ3) is 3.74. The Hall–Kier alpha value is -0.120. The average molecular weight is 215 g/mol. The summed E-state index contributed by atoms with van der Waals surface area (Å²) in [5.41, 5.74) is -0.127. The maximum Gasteiger partial charge on any atom is 0.0610 e. The van der Waals surface area contributed by atoms with Crippen LogP contribution in [0.4, 0.5) is 0 Å². The fourth-order valence-electron chi connectivity index (χ4n) is 2.14. The largest absolute Gasteiger partial charge is 0.394 e. The molecule has 1 fully saturated rings. The van der Waals surface area contributed by atoms with E-state index in [2.05, 4.69) is 26.1 Å². The molecule has 2 atom stereocenters. The van der Waals surface area contributed by atoms with E-state index in [0.29, 0.717) is 12.0 Å². The molecule has 0 aromatic carbocycles. The van der Waals surface area contributed by atoms with Gasteiger partial charge in [0, 0.05) is 24.8 Å². The van der Waals surface area contributed by atoms with Gasteiger partial charge in [0.05, 0.1) is 6.61 Å². The normalized spacial score (nSPS) is 24.8. The Labute approximate surface area is 93.2 Å². The van der Waals surface area contributed by atoms with Gasteiger partial charge in [0.1, 0.15) is 0 Å². The number of nitrogens with one attached hydrogen (secondary N) is 1. The zero-order valence-corrected chi connectivity index (χ0v) is 10.3. The Bertz CT molecular complexity index is 174. The van der Waals surface area contributed by atoms with Crippen molar-refractivity contribution in [1.29, 1.82) is 0 Å². The summed E-state index contributed by atoms with van der Waals surface area (Å²) in [6.45, 7) is 8.40. The first-order valence-corrected chi connectivity index (χ1v) is 6.07. The van der Waals surface area contributed by atoms with Gasteiger partial charge in [-0.25, -0.2) is 0 Å². The summed E-state index contributed by atoms with van der Waals surface area (Å²) in [7, 11) is 0. The van der Waals surface area contributed by atoms with Crippen molar-refractivity contribution < 1.29 is 9.84 Å². The average Bonchev–Trinajstić information content (AvgIpc) is 2.30. The Balaban J connectivity index is 2.41. The summed E-state index contributed by atoms with van der Waals surface area (Å²) in [6, 6.07) is 0.464. The fraction of sp³-hybridized carbons (Fsp3) is 1.00. The Morgan fingerprint density at radius 1 is 1.47 bits per heavy atom. The van der Waals surface area contributed by atoms with E-state index in [-0.39, 0.29) is 12.1 Å². The van der Waals surface area contributed by atoms with Gasteiger partial charge in [0.25, 0.3) is 0 Å². The molecule has 3 nitrogen and oxygen atoms in total. The van der Waals surface area contributed by atoms with E-state index in [4.69, 9.17) is 4.74 Å². The van der Waals surface area contributed by atoms with E-state index in [9.17, 15) is 5.11 Å². The maximum atomic E-state index is 9.35. The topological polar surface area (TPSA) is 41.5 Å². The summed E-state index contributed by atoms with van der Waals surface area (Å²) >= 11 is 0. The minimum Gasteiger partial charge on any atom is -0.394 e. The number of hydrogen-bond donors (Lipinski definition) is 2. The van der Waals surface area contributed by atoms with Crippen LogP contribution in [0.2, 0.25) is 0 Å². The molecule has 2 unspecified atom stereocenters. The third-order valence-corrected chi connectivity index (χ3v) is 3.68. The first-order chi connectivity index (χ1) is 7.11. The highest BCUT2D eigenvalue weighted by Crippen LogP contribution is 2.21. The van der Waals surface area contributed by atoms with Crippen LogP contribution in [0, 0.1) is 5.92 Å². The summed E-state index contributed by atoms with van der Waals surface area (Å²) in [5.74, 6) is 0.691. The van der Waals surface area contributed by atoms with Gasteiger partial charge in [-0.2, -0.15) is 0 Å². The van der Waals surface area contributed by atoms with Gasteiger partial charge in [-0.3, -0.25) is 0 Å². The minimum atomic E-state index is -0.127. The Morgan fingerprint density at radius 3 is 2.53 bits per heavy atom. The summed E-state index contributed by atoms with van der Waals surface area (Å²) in [5, 5.41) is 12.9. The van der Waals surface area contributed by atoms with Gasteiger partial charge in [-0.1, -0.05) is 6.92 Å². The van der Waals surface area contributed by atoms with Crippen molar-refractivity contribution in [3.63, 3.8) is 0 Å². The van der Waals surface area contributed by atoms with Crippen molar-refractivity contribution >= 4 is 0 Å². The lowest BCUT2D eigenvalue weighted by molar-refractivity contribution is 0.0469. The van der Waals surface area contributed by atoms with Crippen LogP contribution in [0.1, 0.15) is 40.0 Å². The standard InChI is InChI=1S/C12H25NO2/c1-4-12(3,9-14)13-10(2)11-5-7-15-8-6-11/h10-11,13-14H,4-9H2,1-3H3. The van der Waals surface area contributed by atoms with E-state index < -0.39 is 0 Å². The van der Waals surface area contributed by atoms with Crippen molar-refractivity contribution in [1.82, 2.24) is 5.32 Å². The molecule has 0 aromatic heterocycles. The molecule has 1 aliphatic rings. The fourth-order valence-corrected chi connectivity index (χ4v) is 2.14. The van der Waals surface area contributed by atoms with Crippen LogP contribution in [-0.4, -0.2) is 36.5 Å². The summed E-state index contributed by atoms with van der Waals surface area (Å²) in [4.78, 5) is 0. The van der Waals surface area contributed by atoms with E-state index in [0.717, 1.165) is 32.5 Å². The molecule has 0 saturated carbocycles. The predicted octanol–water partition coefficient (Wildman–Crippen LogP) is 1.55. The van der Waals surface area contributed by atoms with Crippen LogP contribution in [0.3, 0.4) is 0 Å². The van der Waals surface area contributed by atoms with Crippen LogP contribution in [-0.2, 0) is 4.74 Å². The van der Waals surface area contributed by atoms with Gasteiger partial charge >= 0.3 is 0 Å². The zero-order chi connectivity index (χ0) is 11.3. The molecule has 1 heterocycles. The summed E-state index contributed by atoms with van der Waals surface area (Å²) in [6.07, 6.45) is 3.23. The van der Waals surface area contributed by atoms with Crippen molar-refractivity contribution in [2.75, 3.05) is 19.8 Å². The minimum absolute atomic E-state index is 0.127. The summed E-state index contributed by atoms with van der Waals surface area (Å²) < 4.78 is 5.36. The molecule has 0 spiro atoms. The number of aliphatic hydroxyl groups is 1. The molecule has 0 aliphatic carbocycles. The molecule has 1 aliphatic heterocycles. The highest BCUT2D eigenvalue weighted by atomic mass is 16.5. The number of ether oxygens (including phenoxy) is 1. The highest BCUT2D eigenvalue weighted by Gasteiger charge is 2.27. The lowest BCUT2D eigenvalue weighted by Gasteiger charge is -2.36. The van der Waals surface area contributed by atoms with Crippen molar-refractivity contribution in [3.05, 3.63) is 0 Å².